The zero-order chi connectivity index (χ0) is 12.9. The van der Waals surface area contributed by atoms with Crippen molar-refractivity contribution in [3.63, 3.8) is 0 Å². The van der Waals surface area contributed by atoms with Gasteiger partial charge in [0.15, 0.2) is 0 Å². The number of hydrogen-bond donors (Lipinski definition) is 2. The minimum atomic E-state index is -3.60. The van der Waals surface area contributed by atoms with Gasteiger partial charge >= 0.3 is 0 Å². The fourth-order valence-corrected chi connectivity index (χ4v) is 2.21. The topological polar surface area (TPSA) is 115 Å². The molecular weight excluding hydrogens is 282 g/mol. The van der Waals surface area contributed by atoms with E-state index in [4.69, 9.17) is 5.73 Å². The van der Waals surface area contributed by atoms with Gasteiger partial charge in [0.05, 0.1) is 9.82 Å². The molecule has 0 saturated heterocycles. The molecule has 1 rings (SSSR count). The Balaban J connectivity index is 0.00000289. The molecule has 0 amide bonds. The highest BCUT2D eigenvalue weighted by atomic mass is 35.5. The number of nitro groups is 1. The van der Waals surface area contributed by atoms with Crippen molar-refractivity contribution < 1.29 is 13.3 Å². The molecule has 0 aromatic heterocycles. The Morgan fingerprint density at radius 1 is 1.28 bits per heavy atom. The summed E-state index contributed by atoms with van der Waals surface area (Å²) in [5.74, 6) is 0. The van der Waals surface area contributed by atoms with Gasteiger partial charge in [0.25, 0.3) is 5.69 Å². The highest BCUT2D eigenvalue weighted by Gasteiger charge is 2.14. The SMILES string of the molecule is Cl.NCCCNS(=O)(=O)c1ccc([N+](=O)[O-])cc1. The van der Waals surface area contributed by atoms with E-state index in [1.165, 1.54) is 12.1 Å². The van der Waals surface area contributed by atoms with Gasteiger partial charge < -0.3 is 5.73 Å². The third-order valence-corrected chi connectivity index (χ3v) is 3.51. The van der Waals surface area contributed by atoms with Gasteiger partial charge in [-0.05, 0) is 25.1 Å². The first-order valence-corrected chi connectivity index (χ1v) is 6.40. The summed E-state index contributed by atoms with van der Waals surface area (Å²) >= 11 is 0. The van der Waals surface area contributed by atoms with Crippen LogP contribution in [-0.2, 0) is 10.0 Å². The van der Waals surface area contributed by atoms with Gasteiger partial charge in [-0.3, -0.25) is 10.1 Å². The predicted octanol–water partition coefficient (Wildman–Crippen LogP) is 0.644. The smallest absolute Gasteiger partial charge is 0.269 e. The van der Waals surface area contributed by atoms with Crippen molar-refractivity contribution in [2.75, 3.05) is 13.1 Å². The summed E-state index contributed by atoms with van der Waals surface area (Å²) < 4.78 is 25.7. The summed E-state index contributed by atoms with van der Waals surface area (Å²) in [7, 11) is -3.60. The van der Waals surface area contributed by atoms with Gasteiger partial charge in [-0.15, -0.1) is 12.4 Å². The van der Waals surface area contributed by atoms with Gasteiger partial charge in [-0.2, -0.15) is 0 Å². The Kier molecular flexibility index (Phi) is 6.77. The number of nitro benzene ring substituents is 1. The van der Waals surface area contributed by atoms with Crippen LogP contribution >= 0.6 is 12.4 Å². The molecule has 1 aromatic rings. The van der Waals surface area contributed by atoms with Gasteiger partial charge in [-0.25, -0.2) is 13.1 Å². The monoisotopic (exact) mass is 295 g/mol. The Morgan fingerprint density at radius 2 is 1.83 bits per heavy atom. The molecule has 0 bridgehead atoms. The molecule has 1 aromatic carbocycles. The standard InChI is InChI=1S/C9H13N3O4S.ClH/c10-6-1-7-11-17(15,16)9-4-2-8(3-5-9)12(13)14;/h2-5,11H,1,6-7,10H2;1H. The summed E-state index contributed by atoms with van der Waals surface area (Å²) in [5, 5.41) is 10.4. The summed E-state index contributed by atoms with van der Waals surface area (Å²) in [4.78, 5) is 9.81. The molecule has 0 aliphatic rings. The maximum Gasteiger partial charge on any atom is 0.269 e. The fourth-order valence-electron chi connectivity index (χ4n) is 1.14. The number of halogens is 1. The molecule has 102 valence electrons. The van der Waals surface area contributed by atoms with E-state index in [9.17, 15) is 18.5 Å². The third-order valence-electron chi connectivity index (χ3n) is 2.03. The lowest BCUT2D eigenvalue weighted by atomic mass is 10.3. The number of non-ortho nitro benzene ring substituents is 1. The van der Waals surface area contributed by atoms with Crippen LogP contribution in [0.2, 0.25) is 0 Å². The fraction of sp³-hybridized carbons (Fsp3) is 0.333. The third kappa shape index (κ3) is 4.57. The number of rotatable bonds is 6. The van der Waals surface area contributed by atoms with Crippen LogP contribution in [0.3, 0.4) is 0 Å². The Labute approximate surface area is 111 Å². The number of sulfonamides is 1. The summed E-state index contributed by atoms with van der Waals surface area (Å²) in [6, 6.07) is 4.70. The van der Waals surface area contributed by atoms with Crippen LogP contribution in [0.5, 0.6) is 0 Å². The largest absolute Gasteiger partial charge is 0.330 e. The van der Waals surface area contributed by atoms with Crippen LogP contribution in [0.25, 0.3) is 0 Å². The molecule has 18 heavy (non-hydrogen) atoms. The molecule has 0 atom stereocenters. The van der Waals surface area contributed by atoms with Crippen LogP contribution < -0.4 is 10.5 Å². The number of hydrogen-bond acceptors (Lipinski definition) is 5. The Hall–Kier alpha value is -1.22. The molecule has 3 N–H and O–H groups in total. The first kappa shape index (κ1) is 16.8. The number of nitrogens with zero attached hydrogens (tertiary/aromatic N) is 1. The number of nitrogens with two attached hydrogens (primary N) is 1. The van der Waals surface area contributed by atoms with Crippen LogP contribution in [-0.4, -0.2) is 26.4 Å². The van der Waals surface area contributed by atoms with Crippen molar-refractivity contribution in [3.05, 3.63) is 34.4 Å². The molecule has 0 heterocycles. The van der Waals surface area contributed by atoms with E-state index in [-0.39, 0.29) is 29.5 Å². The molecule has 0 unspecified atom stereocenters. The molecule has 0 fully saturated rings. The van der Waals surface area contributed by atoms with E-state index in [2.05, 4.69) is 4.72 Å². The highest BCUT2D eigenvalue weighted by Crippen LogP contribution is 2.15. The molecular formula is C9H14ClN3O4S. The van der Waals surface area contributed by atoms with Crippen LogP contribution in [0.15, 0.2) is 29.2 Å². The second kappa shape index (κ2) is 7.27. The average molecular weight is 296 g/mol. The summed E-state index contributed by atoms with van der Waals surface area (Å²) in [6.45, 7) is 0.638. The average Bonchev–Trinajstić information content (AvgIpc) is 2.29. The second-order valence-electron chi connectivity index (χ2n) is 3.29. The first-order chi connectivity index (χ1) is 7.97. The highest BCUT2D eigenvalue weighted by molar-refractivity contribution is 7.89. The molecule has 0 spiro atoms. The van der Waals surface area contributed by atoms with E-state index in [1.807, 2.05) is 0 Å². The van der Waals surface area contributed by atoms with Crippen molar-refractivity contribution in [3.8, 4) is 0 Å². The van der Waals surface area contributed by atoms with Crippen LogP contribution in [0.4, 0.5) is 5.69 Å². The van der Waals surface area contributed by atoms with E-state index in [1.54, 1.807) is 0 Å². The minimum absolute atomic E-state index is 0. The lowest BCUT2D eigenvalue weighted by molar-refractivity contribution is -0.384. The molecule has 9 heteroatoms. The molecule has 0 saturated carbocycles. The summed E-state index contributed by atoms with van der Waals surface area (Å²) in [6.07, 6.45) is 0.534. The van der Waals surface area contributed by atoms with Gasteiger partial charge in [0.1, 0.15) is 0 Å². The predicted molar refractivity (Wildman–Crippen MR) is 69.2 cm³/mol. The number of benzene rings is 1. The molecule has 0 aliphatic heterocycles. The van der Waals surface area contributed by atoms with Crippen molar-refractivity contribution in [2.45, 2.75) is 11.3 Å². The van der Waals surface area contributed by atoms with Crippen molar-refractivity contribution >= 4 is 28.1 Å². The van der Waals surface area contributed by atoms with Gasteiger partial charge in [-0.1, -0.05) is 0 Å². The second-order valence-corrected chi connectivity index (χ2v) is 5.06. The van der Waals surface area contributed by atoms with Gasteiger partial charge in [0, 0.05) is 18.7 Å². The summed E-state index contributed by atoms with van der Waals surface area (Å²) in [5.41, 5.74) is 5.09. The van der Waals surface area contributed by atoms with Crippen LogP contribution in [0.1, 0.15) is 6.42 Å². The Bertz CT molecular complexity index is 489. The zero-order valence-electron chi connectivity index (χ0n) is 9.40. The molecule has 7 nitrogen and oxygen atoms in total. The Morgan fingerprint density at radius 3 is 2.28 bits per heavy atom. The first-order valence-electron chi connectivity index (χ1n) is 4.91. The van der Waals surface area contributed by atoms with Crippen molar-refractivity contribution in [1.29, 1.82) is 0 Å². The van der Waals surface area contributed by atoms with E-state index >= 15 is 0 Å². The quantitative estimate of drug-likeness (QED) is 0.454. The zero-order valence-corrected chi connectivity index (χ0v) is 11.0. The van der Waals surface area contributed by atoms with Crippen molar-refractivity contribution in [2.24, 2.45) is 5.73 Å². The van der Waals surface area contributed by atoms with E-state index < -0.39 is 14.9 Å². The van der Waals surface area contributed by atoms with E-state index in [0.717, 1.165) is 12.1 Å². The van der Waals surface area contributed by atoms with Gasteiger partial charge in [0.2, 0.25) is 10.0 Å². The van der Waals surface area contributed by atoms with E-state index in [0.29, 0.717) is 13.0 Å². The minimum Gasteiger partial charge on any atom is -0.330 e. The molecule has 0 radical (unpaired) electrons. The maximum absolute atomic E-state index is 11.7. The number of nitrogens with one attached hydrogen (secondary N) is 1. The normalized spacial score (nSPS) is 10.7. The maximum atomic E-state index is 11.7. The lowest BCUT2D eigenvalue weighted by Gasteiger charge is -2.05. The lowest BCUT2D eigenvalue weighted by Crippen LogP contribution is -2.26. The molecule has 0 aliphatic carbocycles. The van der Waals surface area contributed by atoms with Crippen molar-refractivity contribution in [1.82, 2.24) is 4.72 Å². The van der Waals surface area contributed by atoms with Crippen LogP contribution in [0, 0.1) is 10.1 Å².